The molecule has 0 aliphatic carbocycles. The molecule has 1 aromatic rings. The Morgan fingerprint density at radius 3 is 2.39 bits per heavy atom. The van der Waals surface area contributed by atoms with Crippen LogP contribution in [0, 0.1) is 17.7 Å². The molecular formula is C13H18FNO2S. The molecule has 0 radical (unpaired) electrons. The van der Waals surface area contributed by atoms with E-state index in [4.69, 9.17) is 0 Å². The lowest BCUT2D eigenvalue weighted by Crippen LogP contribution is -2.29. The van der Waals surface area contributed by atoms with Crippen LogP contribution in [-0.2, 0) is 10.0 Å². The number of hydrogen-bond acceptors (Lipinski definition) is 2. The first-order valence-corrected chi connectivity index (χ1v) is 7.61. The SMILES string of the molecule is CC(C)C1CCN(S(=O)(=O)c2ccc(F)cc2)C1. The van der Waals surface area contributed by atoms with Gasteiger partial charge in [-0.15, -0.1) is 0 Å². The number of benzene rings is 1. The number of sulfonamides is 1. The minimum atomic E-state index is -3.46. The normalized spacial score (nSPS) is 21.7. The van der Waals surface area contributed by atoms with Crippen LogP contribution in [0.1, 0.15) is 20.3 Å². The van der Waals surface area contributed by atoms with Gasteiger partial charge in [-0.3, -0.25) is 0 Å². The second-order valence-corrected chi connectivity index (χ2v) is 7.05. The Kier molecular flexibility index (Phi) is 3.73. The summed E-state index contributed by atoms with van der Waals surface area (Å²) in [6.07, 6.45) is 0.901. The van der Waals surface area contributed by atoms with E-state index in [1.54, 1.807) is 0 Å². The summed E-state index contributed by atoms with van der Waals surface area (Å²) in [5.41, 5.74) is 0. The number of rotatable bonds is 3. The average molecular weight is 271 g/mol. The van der Waals surface area contributed by atoms with Crippen molar-refractivity contribution in [3.05, 3.63) is 30.1 Å². The molecule has 1 fully saturated rings. The maximum absolute atomic E-state index is 12.8. The summed E-state index contributed by atoms with van der Waals surface area (Å²) >= 11 is 0. The quantitative estimate of drug-likeness (QED) is 0.847. The van der Waals surface area contributed by atoms with Gasteiger partial charge < -0.3 is 0 Å². The summed E-state index contributed by atoms with van der Waals surface area (Å²) in [5, 5.41) is 0. The van der Waals surface area contributed by atoms with Gasteiger partial charge in [0.1, 0.15) is 5.82 Å². The van der Waals surface area contributed by atoms with Gasteiger partial charge in [-0.25, -0.2) is 12.8 Å². The van der Waals surface area contributed by atoms with Gasteiger partial charge in [0, 0.05) is 13.1 Å². The van der Waals surface area contributed by atoms with Crippen LogP contribution in [0.3, 0.4) is 0 Å². The first-order chi connectivity index (χ1) is 8.41. The van der Waals surface area contributed by atoms with Crippen molar-refractivity contribution >= 4 is 10.0 Å². The predicted molar refractivity (Wildman–Crippen MR) is 68.1 cm³/mol. The lowest BCUT2D eigenvalue weighted by molar-refractivity contribution is 0.388. The Morgan fingerprint density at radius 2 is 1.89 bits per heavy atom. The predicted octanol–water partition coefficient (Wildman–Crippen LogP) is 2.49. The molecule has 1 aliphatic rings. The Hall–Kier alpha value is -0.940. The largest absolute Gasteiger partial charge is 0.243 e. The van der Waals surface area contributed by atoms with Gasteiger partial charge in [0.25, 0.3) is 0 Å². The van der Waals surface area contributed by atoms with Crippen LogP contribution in [-0.4, -0.2) is 25.8 Å². The van der Waals surface area contributed by atoms with E-state index in [0.29, 0.717) is 24.9 Å². The monoisotopic (exact) mass is 271 g/mol. The van der Waals surface area contributed by atoms with Gasteiger partial charge in [0.2, 0.25) is 10.0 Å². The molecule has 1 unspecified atom stereocenters. The third kappa shape index (κ3) is 2.57. The smallest absolute Gasteiger partial charge is 0.207 e. The highest BCUT2D eigenvalue weighted by molar-refractivity contribution is 7.89. The molecule has 1 atom stereocenters. The van der Waals surface area contributed by atoms with Crippen molar-refractivity contribution in [1.82, 2.24) is 4.31 Å². The Balaban J connectivity index is 2.20. The standard InChI is InChI=1S/C13H18FNO2S/c1-10(2)11-7-8-15(9-11)18(16,17)13-5-3-12(14)4-6-13/h3-6,10-11H,7-9H2,1-2H3. The highest BCUT2D eigenvalue weighted by atomic mass is 32.2. The van der Waals surface area contributed by atoms with E-state index in [0.717, 1.165) is 6.42 Å². The lowest BCUT2D eigenvalue weighted by Gasteiger charge is -2.18. The average Bonchev–Trinajstić information content (AvgIpc) is 2.79. The van der Waals surface area contributed by atoms with Crippen molar-refractivity contribution in [1.29, 1.82) is 0 Å². The summed E-state index contributed by atoms with van der Waals surface area (Å²) in [5.74, 6) is 0.481. The minimum absolute atomic E-state index is 0.174. The lowest BCUT2D eigenvalue weighted by atomic mass is 9.96. The van der Waals surface area contributed by atoms with Gasteiger partial charge in [-0.05, 0) is 42.5 Å². The van der Waals surface area contributed by atoms with E-state index in [1.807, 2.05) is 0 Å². The van der Waals surface area contributed by atoms with Gasteiger partial charge in [0.15, 0.2) is 0 Å². The van der Waals surface area contributed by atoms with E-state index in [9.17, 15) is 12.8 Å². The third-order valence-electron chi connectivity index (χ3n) is 3.58. The van der Waals surface area contributed by atoms with Crippen LogP contribution in [0.2, 0.25) is 0 Å². The molecule has 0 aromatic heterocycles. The second-order valence-electron chi connectivity index (χ2n) is 5.11. The topological polar surface area (TPSA) is 37.4 Å². The van der Waals surface area contributed by atoms with Crippen molar-refractivity contribution in [3.63, 3.8) is 0 Å². The summed E-state index contributed by atoms with van der Waals surface area (Å²) in [4.78, 5) is 0.174. The van der Waals surface area contributed by atoms with Crippen LogP contribution < -0.4 is 0 Å². The molecule has 5 heteroatoms. The first-order valence-electron chi connectivity index (χ1n) is 6.17. The van der Waals surface area contributed by atoms with Crippen LogP contribution in [0.4, 0.5) is 4.39 Å². The zero-order chi connectivity index (χ0) is 13.3. The van der Waals surface area contributed by atoms with Gasteiger partial charge >= 0.3 is 0 Å². The number of nitrogens with zero attached hydrogens (tertiary/aromatic N) is 1. The fourth-order valence-corrected chi connectivity index (χ4v) is 3.78. The van der Waals surface area contributed by atoms with Crippen molar-refractivity contribution in [2.24, 2.45) is 11.8 Å². The highest BCUT2D eigenvalue weighted by Crippen LogP contribution is 2.28. The van der Waals surface area contributed by atoms with E-state index in [2.05, 4.69) is 13.8 Å². The molecule has 0 bridgehead atoms. The first kappa shape index (κ1) is 13.5. The maximum atomic E-state index is 12.8. The Bertz CT molecular complexity index is 510. The van der Waals surface area contributed by atoms with Crippen LogP contribution in [0.5, 0.6) is 0 Å². The van der Waals surface area contributed by atoms with Crippen LogP contribution in [0.25, 0.3) is 0 Å². The molecule has 0 saturated carbocycles. The molecule has 2 rings (SSSR count). The molecule has 1 saturated heterocycles. The molecule has 1 heterocycles. The zero-order valence-electron chi connectivity index (χ0n) is 10.6. The molecule has 0 spiro atoms. The van der Waals surface area contributed by atoms with Crippen molar-refractivity contribution < 1.29 is 12.8 Å². The fraction of sp³-hybridized carbons (Fsp3) is 0.538. The summed E-state index contributed by atoms with van der Waals surface area (Å²) in [7, 11) is -3.46. The summed E-state index contributed by atoms with van der Waals surface area (Å²) in [6, 6.07) is 5.02. The van der Waals surface area contributed by atoms with Gasteiger partial charge in [-0.1, -0.05) is 13.8 Å². The van der Waals surface area contributed by atoms with E-state index >= 15 is 0 Å². The molecule has 3 nitrogen and oxygen atoms in total. The molecule has 0 amide bonds. The molecule has 0 N–H and O–H groups in total. The van der Waals surface area contributed by atoms with Gasteiger partial charge in [-0.2, -0.15) is 4.31 Å². The summed E-state index contributed by atoms with van der Waals surface area (Å²) < 4.78 is 39.0. The molecule has 100 valence electrons. The molecule has 18 heavy (non-hydrogen) atoms. The van der Waals surface area contributed by atoms with E-state index in [1.165, 1.54) is 28.6 Å². The third-order valence-corrected chi connectivity index (χ3v) is 5.46. The van der Waals surface area contributed by atoms with Crippen molar-refractivity contribution in [2.45, 2.75) is 25.2 Å². The van der Waals surface area contributed by atoms with Gasteiger partial charge in [0.05, 0.1) is 4.90 Å². The fourth-order valence-electron chi connectivity index (χ4n) is 2.27. The number of hydrogen-bond donors (Lipinski definition) is 0. The van der Waals surface area contributed by atoms with Crippen molar-refractivity contribution in [3.8, 4) is 0 Å². The Labute approximate surface area is 108 Å². The Morgan fingerprint density at radius 1 is 1.28 bits per heavy atom. The highest BCUT2D eigenvalue weighted by Gasteiger charge is 2.33. The van der Waals surface area contributed by atoms with E-state index in [-0.39, 0.29) is 4.90 Å². The van der Waals surface area contributed by atoms with Crippen molar-refractivity contribution in [2.75, 3.05) is 13.1 Å². The zero-order valence-corrected chi connectivity index (χ0v) is 11.5. The second kappa shape index (κ2) is 4.97. The molecule has 1 aromatic carbocycles. The van der Waals surface area contributed by atoms with Crippen LogP contribution >= 0.6 is 0 Å². The number of halogens is 1. The molecule has 1 aliphatic heterocycles. The minimum Gasteiger partial charge on any atom is -0.207 e. The maximum Gasteiger partial charge on any atom is 0.243 e. The summed E-state index contributed by atoms with van der Waals surface area (Å²) in [6.45, 7) is 5.34. The van der Waals surface area contributed by atoms with E-state index < -0.39 is 15.8 Å². The van der Waals surface area contributed by atoms with Crippen LogP contribution in [0.15, 0.2) is 29.2 Å². The molecular weight excluding hydrogens is 253 g/mol.